The molecule has 2 amide bonds. The number of nitrogens with one attached hydrogen (secondary N) is 1. The Hall–Kier alpha value is -2.82. The van der Waals surface area contributed by atoms with Gasteiger partial charge in [-0.1, -0.05) is 35.9 Å². The minimum absolute atomic E-state index is 0.0293. The van der Waals surface area contributed by atoms with Gasteiger partial charge in [-0.15, -0.1) is 0 Å². The van der Waals surface area contributed by atoms with Crippen LogP contribution in [0.1, 0.15) is 29.3 Å². The highest BCUT2D eigenvalue weighted by Crippen LogP contribution is 2.11. The Bertz CT molecular complexity index is 714. The molecule has 26 heavy (non-hydrogen) atoms. The van der Waals surface area contributed by atoms with Crippen LogP contribution in [-0.2, 0) is 4.79 Å². The van der Waals surface area contributed by atoms with Crippen molar-refractivity contribution in [1.82, 2.24) is 10.2 Å². The van der Waals surface area contributed by atoms with Gasteiger partial charge >= 0.3 is 0 Å². The number of carbonyl (C=O) groups excluding carboxylic acids is 2. The molecule has 0 aliphatic carbocycles. The number of hydrogen-bond donors (Lipinski definition) is 1. The molecule has 5 heteroatoms. The summed E-state index contributed by atoms with van der Waals surface area (Å²) < 4.78 is 5.65. The first-order valence-corrected chi connectivity index (χ1v) is 8.75. The quantitative estimate of drug-likeness (QED) is 0.793. The Kier molecular flexibility index (Phi) is 7.21. The summed E-state index contributed by atoms with van der Waals surface area (Å²) in [5, 5.41) is 2.85. The van der Waals surface area contributed by atoms with E-state index in [-0.39, 0.29) is 24.3 Å². The fourth-order valence-corrected chi connectivity index (χ4v) is 2.43. The molecule has 1 atom stereocenters. The summed E-state index contributed by atoms with van der Waals surface area (Å²) in [6.45, 7) is 4.77. The smallest absolute Gasteiger partial charge is 0.251 e. The van der Waals surface area contributed by atoms with Crippen molar-refractivity contribution in [3.63, 3.8) is 0 Å². The summed E-state index contributed by atoms with van der Waals surface area (Å²) >= 11 is 0. The lowest BCUT2D eigenvalue weighted by molar-refractivity contribution is -0.130. The van der Waals surface area contributed by atoms with Gasteiger partial charge in [-0.3, -0.25) is 9.59 Å². The van der Waals surface area contributed by atoms with E-state index in [9.17, 15) is 9.59 Å². The van der Waals surface area contributed by atoms with Crippen LogP contribution in [-0.4, -0.2) is 43.0 Å². The molecular weight excluding hydrogens is 328 g/mol. The Morgan fingerprint density at radius 2 is 1.73 bits per heavy atom. The number of ether oxygens (including phenoxy) is 1. The number of aryl methyl sites for hydroxylation is 1. The first kappa shape index (κ1) is 19.5. The molecule has 0 aliphatic rings. The van der Waals surface area contributed by atoms with Crippen molar-refractivity contribution < 1.29 is 14.3 Å². The van der Waals surface area contributed by atoms with Gasteiger partial charge in [0.15, 0.2) is 0 Å². The van der Waals surface area contributed by atoms with Crippen molar-refractivity contribution in [2.45, 2.75) is 26.3 Å². The Morgan fingerprint density at radius 3 is 2.38 bits per heavy atom. The second-order valence-electron chi connectivity index (χ2n) is 6.42. The van der Waals surface area contributed by atoms with Crippen LogP contribution in [0.15, 0.2) is 54.6 Å². The number of likely N-dealkylation sites (N-methyl/N-ethyl adjacent to an activating group) is 1. The lowest BCUT2D eigenvalue weighted by Gasteiger charge is -2.20. The summed E-state index contributed by atoms with van der Waals surface area (Å²) in [6, 6.07) is 16.5. The zero-order valence-corrected chi connectivity index (χ0v) is 15.6. The molecule has 0 fully saturated rings. The van der Waals surface area contributed by atoms with Crippen molar-refractivity contribution >= 4 is 11.8 Å². The van der Waals surface area contributed by atoms with Crippen LogP contribution in [0.4, 0.5) is 0 Å². The second-order valence-corrected chi connectivity index (χ2v) is 6.42. The molecule has 0 saturated heterocycles. The molecule has 0 bridgehead atoms. The SMILES string of the molecule is Cc1ccc(OCCN(C)C(=O)CC(C)NC(=O)c2ccccc2)cc1. The van der Waals surface area contributed by atoms with Crippen molar-refractivity contribution in [1.29, 1.82) is 0 Å². The van der Waals surface area contributed by atoms with E-state index in [0.717, 1.165) is 5.75 Å². The molecule has 2 rings (SSSR count). The maximum absolute atomic E-state index is 12.3. The fraction of sp³-hybridized carbons (Fsp3) is 0.333. The van der Waals surface area contributed by atoms with Crippen LogP contribution in [0, 0.1) is 6.92 Å². The maximum Gasteiger partial charge on any atom is 0.251 e. The van der Waals surface area contributed by atoms with Crippen molar-refractivity contribution in [2.24, 2.45) is 0 Å². The zero-order chi connectivity index (χ0) is 18.9. The number of rotatable bonds is 8. The summed E-state index contributed by atoms with van der Waals surface area (Å²) in [6.07, 6.45) is 0.250. The topological polar surface area (TPSA) is 58.6 Å². The monoisotopic (exact) mass is 354 g/mol. The normalized spacial score (nSPS) is 11.5. The standard InChI is InChI=1S/C21H26N2O3/c1-16-9-11-19(12-10-16)26-14-13-23(3)20(24)15-17(2)22-21(25)18-7-5-4-6-8-18/h4-12,17H,13-15H2,1-3H3,(H,22,25). The Balaban J connectivity index is 1.72. The van der Waals surface area contributed by atoms with E-state index in [1.807, 2.05) is 56.3 Å². The van der Waals surface area contributed by atoms with Gasteiger partial charge in [-0.25, -0.2) is 0 Å². The van der Waals surface area contributed by atoms with E-state index in [1.54, 1.807) is 24.1 Å². The molecule has 1 N–H and O–H groups in total. The minimum atomic E-state index is -0.240. The summed E-state index contributed by atoms with van der Waals surface area (Å²) in [7, 11) is 1.74. The number of hydrogen-bond acceptors (Lipinski definition) is 3. The van der Waals surface area contributed by atoms with Crippen LogP contribution in [0.25, 0.3) is 0 Å². The van der Waals surface area contributed by atoms with Crippen LogP contribution >= 0.6 is 0 Å². The van der Waals surface area contributed by atoms with Gasteiger partial charge in [0.2, 0.25) is 5.91 Å². The summed E-state index contributed by atoms with van der Waals surface area (Å²) in [5.74, 6) is 0.592. The molecule has 138 valence electrons. The van der Waals surface area contributed by atoms with Crippen LogP contribution in [0.2, 0.25) is 0 Å². The molecule has 0 heterocycles. The number of benzene rings is 2. The Labute approximate surface area is 155 Å². The molecule has 2 aromatic carbocycles. The zero-order valence-electron chi connectivity index (χ0n) is 15.6. The predicted octanol–water partition coefficient (Wildman–Crippen LogP) is 3.04. The first-order chi connectivity index (χ1) is 12.5. The molecule has 5 nitrogen and oxygen atoms in total. The van der Waals surface area contributed by atoms with Gasteiger partial charge in [0.25, 0.3) is 5.91 Å². The fourth-order valence-electron chi connectivity index (χ4n) is 2.43. The van der Waals surface area contributed by atoms with Crippen molar-refractivity contribution in [2.75, 3.05) is 20.2 Å². The Morgan fingerprint density at radius 1 is 1.08 bits per heavy atom. The third kappa shape index (κ3) is 6.24. The molecule has 0 radical (unpaired) electrons. The van der Waals surface area contributed by atoms with E-state index < -0.39 is 0 Å². The van der Waals surface area contributed by atoms with Gasteiger partial charge in [-0.05, 0) is 38.1 Å². The average Bonchev–Trinajstić information content (AvgIpc) is 2.63. The third-order valence-electron chi connectivity index (χ3n) is 4.04. The van der Waals surface area contributed by atoms with Gasteiger partial charge in [0.05, 0.1) is 6.54 Å². The highest BCUT2D eigenvalue weighted by molar-refractivity contribution is 5.94. The maximum atomic E-state index is 12.3. The van der Waals surface area contributed by atoms with E-state index in [2.05, 4.69) is 5.32 Å². The minimum Gasteiger partial charge on any atom is -0.492 e. The van der Waals surface area contributed by atoms with E-state index in [4.69, 9.17) is 4.74 Å². The van der Waals surface area contributed by atoms with Crippen molar-refractivity contribution in [3.05, 3.63) is 65.7 Å². The largest absolute Gasteiger partial charge is 0.492 e. The molecule has 0 aliphatic heterocycles. The predicted molar refractivity (Wildman–Crippen MR) is 102 cm³/mol. The number of carbonyl (C=O) groups is 2. The molecule has 1 unspecified atom stereocenters. The lowest BCUT2D eigenvalue weighted by Crippen LogP contribution is -2.39. The van der Waals surface area contributed by atoms with Crippen molar-refractivity contribution in [3.8, 4) is 5.75 Å². The highest BCUT2D eigenvalue weighted by Gasteiger charge is 2.16. The molecule has 0 aromatic heterocycles. The van der Waals surface area contributed by atoms with E-state index in [0.29, 0.717) is 18.7 Å². The average molecular weight is 354 g/mol. The van der Waals surface area contributed by atoms with Crippen LogP contribution in [0.5, 0.6) is 5.75 Å². The number of amides is 2. The van der Waals surface area contributed by atoms with Crippen LogP contribution < -0.4 is 10.1 Å². The van der Waals surface area contributed by atoms with E-state index >= 15 is 0 Å². The highest BCUT2D eigenvalue weighted by atomic mass is 16.5. The molecular formula is C21H26N2O3. The number of nitrogens with zero attached hydrogens (tertiary/aromatic N) is 1. The van der Waals surface area contributed by atoms with Gasteiger partial charge in [0, 0.05) is 25.1 Å². The van der Waals surface area contributed by atoms with Gasteiger partial charge in [0.1, 0.15) is 12.4 Å². The molecule has 0 spiro atoms. The third-order valence-corrected chi connectivity index (χ3v) is 4.04. The lowest BCUT2D eigenvalue weighted by atomic mass is 10.1. The van der Waals surface area contributed by atoms with Gasteiger partial charge < -0.3 is 15.0 Å². The molecule has 0 saturated carbocycles. The van der Waals surface area contributed by atoms with Crippen LogP contribution in [0.3, 0.4) is 0 Å². The molecule has 2 aromatic rings. The van der Waals surface area contributed by atoms with E-state index in [1.165, 1.54) is 5.56 Å². The second kappa shape index (κ2) is 9.61. The van der Waals surface area contributed by atoms with Gasteiger partial charge in [-0.2, -0.15) is 0 Å². The summed E-state index contributed by atoms with van der Waals surface area (Å²) in [5.41, 5.74) is 1.77. The first-order valence-electron chi connectivity index (χ1n) is 8.75. The summed E-state index contributed by atoms with van der Waals surface area (Å²) in [4.78, 5) is 26.0.